The number of carbonyl (C=O) groups excluding carboxylic acids is 1. The van der Waals surface area contributed by atoms with Gasteiger partial charge in [0.05, 0.1) is 0 Å². The molecule has 48 valence electrons. The molecule has 0 spiro atoms. The molecule has 1 atom stereocenters. The lowest BCUT2D eigenvalue weighted by Gasteiger charge is -1.98. The predicted molar refractivity (Wildman–Crippen MR) is 29.2 cm³/mol. The van der Waals surface area contributed by atoms with Crippen LogP contribution in [-0.4, -0.2) is 18.5 Å². The van der Waals surface area contributed by atoms with Gasteiger partial charge in [0.2, 0.25) is 0 Å². The van der Waals surface area contributed by atoms with Crippen LogP contribution in [0.2, 0.25) is 0 Å². The summed E-state index contributed by atoms with van der Waals surface area (Å²) in [7, 11) is 0. The van der Waals surface area contributed by atoms with Gasteiger partial charge >= 0.3 is 0 Å². The second-order valence-electron chi connectivity index (χ2n) is 1.74. The minimum atomic E-state index is -1.15. The van der Waals surface area contributed by atoms with Crippen molar-refractivity contribution in [3.63, 3.8) is 0 Å². The third kappa shape index (κ3) is 3.74. The first kappa shape index (κ1) is 7.56. The Kier molecular flexibility index (Phi) is 3.35. The maximum absolute atomic E-state index is 12.0. The van der Waals surface area contributed by atoms with Gasteiger partial charge < -0.3 is 5.73 Å². The molecule has 0 aliphatic carbocycles. The largest absolute Gasteiger partial charge is 0.328 e. The minimum absolute atomic E-state index is 0.0451. The number of rotatable bonds is 3. The lowest BCUT2D eigenvalue weighted by atomic mass is 10.2. The van der Waals surface area contributed by atoms with E-state index >= 15 is 0 Å². The monoisotopic (exact) mass is 119 g/mol. The number of hydrogen-bond acceptors (Lipinski definition) is 2. The maximum atomic E-state index is 12.0. The summed E-state index contributed by atoms with van der Waals surface area (Å²) < 4.78 is 12.0. The summed E-state index contributed by atoms with van der Waals surface area (Å²) in [5, 5.41) is 0. The highest BCUT2D eigenvalue weighted by atomic mass is 19.1. The zero-order valence-corrected chi connectivity index (χ0v) is 4.86. The van der Waals surface area contributed by atoms with Crippen LogP contribution in [0, 0.1) is 0 Å². The Bertz CT molecular complexity index is 84.5. The molecule has 0 aromatic rings. The van der Waals surface area contributed by atoms with E-state index in [1.807, 2.05) is 0 Å². The molecule has 0 bridgehead atoms. The number of Topliss-reactive ketones (excluding diaryl/α,β-unsaturated/α-hetero) is 1. The molecule has 0 amide bonds. The molecule has 0 saturated carbocycles. The van der Waals surface area contributed by atoms with Crippen molar-refractivity contribution < 1.29 is 9.18 Å². The van der Waals surface area contributed by atoms with E-state index in [4.69, 9.17) is 5.73 Å². The average Bonchev–Trinajstić information content (AvgIpc) is 1.65. The highest BCUT2D eigenvalue weighted by Crippen LogP contribution is 1.94. The van der Waals surface area contributed by atoms with Crippen molar-refractivity contribution in [2.45, 2.75) is 19.5 Å². The molecule has 0 aromatic carbocycles. The van der Waals surface area contributed by atoms with Crippen LogP contribution in [0.3, 0.4) is 0 Å². The lowest BCUT2D eigenvalue weighted by molar-refractivity contribution is -0.117. The van der Waals surface area contributed by atoms with Crippen LogP contribution in [0.15, 0.2) is 0 Å². The van der Waals surface area contributed by atoms with Crippen molar-refractivity contribution in [3.05, 3.63) is 0 Å². The lowest BCUT2D eigenvalue weighted by Crippen LogP contribution is -2.17. The fraction of sp³-hybridized carbons (Fsp3) is 0.800. The highest BCUT2D eigenvalue weighted by Gasteiger charge is 2.04. The minimum Gasteiger partial charge on any atom is -0.328 e. The van der Waals surface area contributed by atoms with Crippen LogP contribution in [-0.2, 0) is 4.79 Å². The average molecular weight is 119 g/mol. The summed E-state index contributed by atoms with van der Waals surface area (Å²) in [6, 6.07) is 0. The highest BCUT2D eigenvalue weighted by molar-refractivity contribution is 5.75. The zero-order valence-electron chi connectivity index (χ0n) is 4.86. The van der Waals surface area contributed by atoms with Gasteiger partial charge in [0.25, 0.3) is 0 Å². The Morgan fingerprint density at radius 3 is 2.50 bits per heavy atom. The molecule has 2 N–H and O–H groups in total. The van der Waals surface area contributed by atoms with Gasteiger partial charge in [-0.2, -0.15) is 0 Å². The first-order chi connectivity index (χ1) is 3.66. The standard InChI is InChI=1S/C5H10FNO/c1-4(8)2-5(6)3-7/h5H,2-3,7H2,1H3. The van der Waals surface area contributed by atoms with Crippen molar-refractivity contribution in [1.29, 1.82) is 0 Å². The summed E-state index contributed by atoms with van der Waals surface area (Å²) in [6.45, 7) is 1.29. The Hall–Kier alpha value is -0.440. The van der Waals surface area contributed by atoms with Crippen molar-refractivity contribution in [2.75, 3.05) is 6.54 Å². The topological polar surface area (TPSA) is 43.1 Å². The molecule has 3 heteroatoms. The molecule has 8 heavy (non-hydrogen) atoms. The van der Waals surface area contributed by atoms with Crippen molar-refractivity contribution >= 4 is 5.78 Å². The van der Waals surface area contributed by atoms with Crippen molar-refractivity contribution in [1.82, 2.24) is 0 Å². The quantitative estimate of drug-likeness (QED) is 0.579. The number of nitrogens with two attached hydrogens (primary N) is 1. The Balaban J connectivity index is 3.24. The van der Waals surface area contributed by atoms with E-state index in [0.29, 0.717) is 0 Å². The normalized spacial score (nSPS) is 13.4. The third-order valence-electron chi connectivity index (χ3n) is 0.765. The van der Waals surface area contributed by atoms with Crippen LogP contribution in [0.1, 0.15) is 13.3 Å². The van der Waals surface area contributed by atoms with Gasteiger partial charge in [0.15, 0.2) is 0 Å². The summed E-state index contributed by atoms with van der Waals surface area (Å²) in [5.41, 5.74) is 4.89. The van der Waals surface area contributed by atoms with E-state index < -0.39 is 6.17 Å². The van der Waals surface area contributed by atoms with E-state index in [-0.39, 0.29) is 18.7 Å². The zero-order chi connectivity index (χ0) is 6.57. The van der Waals surface area contributed by atoms with Gasteiger partial charge in [-0.25, -0.2) is 4.39 Å². The van der Waals surface area contributed by atoms with Crippen molar-refractivity contribution in [2.24, 2.45) is 5.73 Å². The molecule has 0 heterocycles. The fourth-order valence-corrected chi connectivity index (χ4v) is 0.395. The van der Waals surface area contributed by atoms with Gasteiger partial charge in [-0.05, 0) is 6.92 Å². The Labute approximate surface area is 47.9 Å². The number of ketones is 1. The SMILES string of the molecule is CC(=O)CC(F)CN. The fourth-order valence-electron chi connectivity index (χ4n) is 0.395. The molecular weight excluding hydrogens is 109 g/mol. The van der Waals surface area contributed by atoms with Gasteiger partial charge in [-0.1, -0.05) is 0 Å². The van der Waals surface area contributed by atoms with E-state index in [1.165, 1.54) is 6.92 Å². The van der Waals surface area contributed by atoms with Crippen LogP contribution >= 0.6 is 0 Å². The van der Waals surface area contributed by atoms with E-state index in [2.05, 4.69) is 0 Å². The molecule has 1 unspecified atom stereocenters. The molecule has 0 aromatic heterocycles. The molecular formula is C5H10FNO. The summed E-state index contributed by atoms with van der Waals surface area (Å²) in [4.78, 5) is 10.1. The van der Waals surface area contributed by atoms with E-state index in [1.54, 1.807) is 0 Å². The number of halogens is 1. The molecule has 0 fully saturated rings. The summed E-state index contributed by atoms with van der Waals surface area (Å²) in [6.07, 6.45) is -1.19. The van der Waals surface area contributed by atoms with Crippen LogP contribution in [0.4, 0.5) is 4.39 Å². The van der Waals surface area contributed by atoms with Gasteiger partial charge in [-0.3, -0.25) is 4.79 Å². The Morgan fingerprint density at radius 2 is 2.38 bits per heavy atom. The predicted octanol–water partition coefficient (Wildman–Crippen LogP) is 0.262. The molecule has 0 rings (SSSR count). The van der Waals surface area contributed by atoms with Crippen LogP contribution in [0.25, 0.3) is 0 Å². The van der Waals surface area contributed by atoms with Gasteiger partial charge in [0, 0.05) is 13.0 Å². The smallest absolute Gasteiger partial charge is 0.132 e. The first-order valence-electron chi connectivity index (χ1n) is 2.50. The van der Waals surface area contributed by atoms with Crippen LogP contribution in [0.5, 0.6) is 0 Å². The summed E-state index contributed by atoms with van der Waals surface area (Å²) >= 11 is 0. The van der Waals surface area contributed by atoms with E-state index in [9.17, 15) is 9.18 Å². The maximum Gasteiger partial charge on any atom is 0.132 e. The first-order valence-corrected chi connectivity index (χ1v) is 2.50. The van der Waals surface area contributed by atoms with E-state index in [0.717, 1.165) is 0 Å². The number of alkyl halides is 1. The molecule has 2 nitrogen and oxygen atoms in total. The number of hydrogen-bond donors (Lipinski definition) is 1. The van der Waals surface area contributed by atoms with Gasteiger partial charge in [0.1, 0.15) is 12.0 Å². The molecule has 0 radical (unpaired) electrons. The molecule has 0 aliphatic heterocycles. The summed E-state index contributed by atoms with van der Waals surface area (Å²) in [5.74, 6) is -0.150. The number of carbonyl (C=O) groups is 1. The van der Waals surface area contributed by atoms with Crippen LogP contribution < -0.4 is 5.73 Å². The third-order valence-corrected chi connectivity index (χ3v) is 0.765. The Morgan fingerprint density at radius 1 is 1.88 bits per heavy atom. The molecule has 0 aliphatic rings. The molecule has 0 saturated heterocycles. The second kappa shape index (κ2) is 3.55. The van der Waals surface area contributed by atoms with Gasteiger partial charge in [-0.15, -0.1) is 0 Å². The second-order valence-corrected chi connectivity index (χ2v) is 1.74. The van der Waals surface area contributed by atoms with Crippen molar-refractivity contribution in [3.8, 4) is 0 Å².